The van der Waals surface area contributed by atoms with Crippen molar-refractivity contribution in [2.45, 2.75) is 13.3 Å². The highest BCUT2D eigenvalue weighted by atomic mass is 19.1. The Bertz CT molecular complexity index is 913. The van der Waals surface area contributed by atoms with Gasteiger partial charge in [0.15, 0.2) is 5.82 Å². The summed E-state index contributed by atoms with van der Waals surface area (Å²) in [5.41, 5.74) is 2.07. The molecule has 4 rings (SSSR count). The molecule has 0 radical (unpaired) electrons. The van der Waals surface area contributed by atoms with Crippen LogP contribution in [0.25, 0.3) is 22.4 Å². The van der Waals surface area contributed by atoms with E-state index < -0.39 is 5.82 Å². The number of H-pyrrole nitrogens is 1. The Labute approximate surface area is 150 Å². The number of halogens is 1. The number of hydrogen-bond acceptors (Lipinski definition) is 4. The molecule has 0 spiro atoms. The molecule has 7 heteroatoms. The highest BCUT2D eigenvalue weighted by Crippen LogP contribution is 2.26. The van der Waals surface area contributed by atoms with Gasteiger partial charge in [0.05, 0.1) is 22.8 Å². The molecule has 1 N–H and O–H groups in total. The number of anilines is 1. The van der Waals surface area contributed by atoms with E-state index in [0.29, 0.717) is 49.8 Å². The van der Waals surface area contributed by atoms with Crippen LogP contribution in [0, 0.1) is 5.82 Å². The number of hydrogen-bond donors (Lipinski definition) is 1. The van der Waals surface area contributed by atoms with E-state index in [4.69, 9.17) is 0 Å². The number of fused-ring (bicyclic) bond motifs is 1. The number of imidazole rings is 1. The molecular weight excluding hydrogens is 333 g/mol. The summed E-state index contributed by atoms with van der Waals surface area (Å²) >= 11 is 0. The van der Waals surface area contributed by atoms with Crippen LogP contribution in [-0.2, 0) is 4.79 Å². The zero-order chi connectivity index (χ0) is 18.1. The van der Waals surface area contributed by atoms with Crippen LogP contribution in [0.4, 0.5) is 10.2 Å². The minimum Gasteiger partial charge on any atom is -0.353 e. The Morgan fingerprint density at radius 3 is 2.73 bits per heavy atom. The summed E-state index contributed by atoms with van der Waals surface area (Å²) < 4.78 is 14.4. The summed E-state index contributed by atoms with van der Waals surface area (Å²) in [5.74, 6) is 0.949. The molecule has 3 heterocycles. The number of piperazine rings is 1. The molecule has 134 valence electrons. The van der Waals surface area contributed by atoms with Gasteiger partial charge in [0, 0.05) is 32.6 Å². The predicted molar refractivity (Wildman–Crippen MR) is 98.4 cm³/mol. The first-order chi connectivity index (χ1) is 12.7. The minimum atomic E-state index is -0.410. The predicted octanol–water partition coefficient (Wildman–Crippen LogP) is 2.82. The van der Waals surface area contributed by atoms with Crippen LogP contribution in [0.2, 0.25) is 0 Å². The molecule has 0 aliphatic carbocycles. The van der Waals surface area contributed by atoms with Gasteiger partial charge in [0.25, 0.3) is 0 Å². The van der Waals surface area contributed by atoms with E-state index in [-0.39, 0.29) is 5.91 Å². The molecule has 1 aliphatic heterocycles. The molecular formula is C19H20FN5O. The van der Waals surface area contributed by atoms with Gasteiger partial charge in [-0.1, -0.05) is 19.1 Å². The molecule has 0 bridgehead atoms. The number of pyridine rings is 1. The normalized spacial score (nSPS) is 14.8. The van der Waals surface area contributed by atoms with Gasteiger partial charge < -0.3 is 14.8 Å². The summed E-state index contributed by atoms with van der Waals surface area (Å²) in [6, 6.07) is 9.34. The van der Waals surface area contributed by atoms with Gasteiger partial charge in [-0.15, -0.1) is 0 Å². The molecule has 1 saturated heterocycles. The fraction of sp³-hybridized carbons (Fsp3) is 0.316. The van der Waals surface area contributed by atoms with Crippen LogP contribution in [0.15, 0.2) is 36.5 Å². The lowest BCUT2D eigenvalue weighted by Crippen LogP contribution is -2.48. The number of carbonyl (C=O) groups is 1. The van der Waals surface area contributed by atoms with E-state index in [0.717, 1.165) is 11.0 Å². The Balaban J connectivity index is 1.60. The maximum absolute atomic E-state index is 14.4. The Kier molecular flexibility index (Phi) is 4.28. The Morgan fingerprint density at radius 1 is 1.23 bits per heavy atom. The van der Waals surface area contributed by atoms with E-state index in [9.17, 15) is 9.18 Å². The first kappa shape index (κ1) is 16.5. The number of aromatic amines is 1. The van der Waals surface area contributed by atoms with Gasteiger partial charge in [-0.2, -0.15) is 0 Å². The zero-order valence-electron chi connectivity index (χ0n) is 14.6. The third-order valence-corrected chi connectivity index (χ3v) is 4.74. The van der Waals surface area contributed by atoms with Crippen molar-refractivity contribution in [2.75, 3.05) is 31.1 Å². The standard InChI is InChI=1S/C19H20FN5O/c1-2-18(26)25-9-7-24(8-10-25)17-11-13(14(20)12-21-17)19-22-15-5-3-4-6-16(15)23-19/h3-6,11-12H,2,7-10H2,1H3,(H,22,23). The van der Waals surface area contributed by atoms with Crippen molar-refractivity contribution in [3.8, 4) is 11.4 Å². The van der Waals surface area contributed by atoms with Crippen LogP contribution in [-0.4, -0.2) is 51.9 Å². The second-order valence-electron chi connectivity index (χ2n) is 6.35. The quantitative estimate of drug-likeness (QED) is 0.786. The van der Waals surface area contributed by atoms with Gasteiger partial charge in [0.1, 0.15) is 11.6 Å². The van der Waals surface area contributed by atoms with Gasteiger partial charge in [-0.3, -0.25) is 4.79 Å². The molecule has 1 aromatic carbocycles. The molecule has 1 aliphatic rings. The van der Waals surface area contributed by atoms with E-state index in [1.807, 2.05) is 36.1 Å². The van der Waals surface area contributed by atoms with E-state index >= 15 is 0 Å². The van der Waals surface area contributed by atoms with Crippen molar-refractivity contribution in [3.05, 3.63) is 42.3 Å². The number of benzene rings is 1. The number of para-hydroxylation sites is 2. The highest BCUT2D eigenvalue weighted by Gasteiger charge is 2.22. The number of rotatable bonds is 3. The van der Waals surface area contributed by atoms with Crippen molar-refractivity contribution < 1.29 is 9.18 Å². The summed E-state index contributed by atoms with van der Waals surface area (Å²) in [6.07, 6.45) is 1.76. The first-order valence-electron chi connectivity index (χ1n) is 8.79. The smallest absolute Gasteiger partial charge is 0.222 e. The summed E-state index contributed by atoms with van der Waals surface area (Å²) in [4.78, 5) is 27.6. The molecule has 6 nitrogen and oxygen atoms in total. The maximum atomic E-state index is 14.4. The van der Waals surface area contributed by atoms with Gasteiger partial charge in [0.2, 0.25) is 5.91 Å². The highest BCUT2D eigenvalue weighted by molar-refractivity contribution is 5.80. The van der Waals surface area contributed by atoms with Crippen molar-refractivity contribution in [1.29, 1.82) is 0 Å². The summed E-state index contributed by atoms with van der Waals surface area (Å²) in [7, 11) is 0. The van der Waals surface area contributed by atoms with Gasteiger partial charge >= 0.3 is 0 Å². The monoisotopic (exact) mass is 353 g/mol. The van der Waals surface area contributed by atoms with Crippen LogP contribution in [0.5, 0.6) is 0 Å². The topological polar surface area (TPSA) is 65.1 Å². The van der Waals surface area contributed by atoms with Crippen molar-refractivity contribution in [2.24, 2.45) is 0 Å². The number of aromatic nitrogens is 3. The molecule has 2 aromatic heterocycles. The molecule has 0 saturated carbocycles. The summed E-state index contributed by atoms with van der Waals surface area (Å²) in [5, 5.41) is 0. The van der Waals surface area contributed by atoms with Gasteiger partial charge in [-0.05, 0) is 18.2 Å². The van der Waals surface area contributed by atoms with E-state index in [2.05, 4.69) is 19.9 Å². The van der Waals surface area contributed by atoms with Gasteiger partial charge in [-0.25, -0.2) is 14.4 Å². The first-order valence-corrected chi connectivity index (χ1v) is 8.79. The number of carbonyl (C=O) groups excluding carboxylic acids is 1. The van der Waals surface area contributed by atoms with E-state index in [1.54, 1.807) is 6.07 Å². The SMILES string of the molecule is CCC(=O)N1CCN(c2cc(-c3nc4ccccc4[nH]3)c(F)cn2)CC1. The summed E-state index contributed by atoms with van der Waals surface area (Å²) in [6.45, 7) is 4.56. The number of amides is 1. The van der Waals surface area contributed by atoms with Crippen LogP contribution in [0.1, 0.15) is 13.3 Å². The van der Waals surface area contributed by atoms with Crippen LogP contribution in [0.3, 0.4) is 0 Å². The van der Waals surface area contributed by atoms with Crippen LogP contribution < -0.4 is 4.90 Å². The second-order valence-corrected chi connectivity index (χ2v) is 6.35. The molecule has 1 fully saturated rings. The lowest BCUT2D eigenvalue weighted by Gasteiger charge is -2.35. The number of nitrogens with one attached hydrogen (secondary N) is 1. The minimum absolute atomic E-state index is 0.166. The fourth-order valence-electron chi connectivity index (χ4n) is 3.27. The third kappa shape index (κ3) is 3.00. The molecule has 0 atom stereocenters. The average Bonchev–Trinajstić information content (AvgIpc) is 3.12. The zero-order valence-corrected chi connectivity index (χ0v) is 14.6. The largest absolute Gasteiger partial charge is 0.353 e. The molecule has 26 heavy (non-hydrogen) atoms. The number of nitrogens with zero attached hydrogens (tertiary/aromatic N) is 4. The second kappa shape index (κ2) is 6.74. The lowest BCUT2D eigenvalue weighted by atomic mass is 10.2. The molecule has 3 aromatic rings. The Hall–Kier alpha value is -2.96. The third-order valence-electron chi connectivity index (χ3n) is 4.74. The average molecular weight is 353 g/mol. The lowest BCUT2D eigenvalue weighted by molar-refractivity contribution is -0.131. The molecule has 1 amide bonds. The maximum Gasteiger partial charge on any atom is 0.222 e. The van der Waals surface area contributed by atoms with Crippen molar-refractivity contribution in [1.82, 2.24) is 19.9 Å². The Morgan fingerprint density at radius 2 is 2.00 bits per heavy atom. The van der Waals surface area contributed by atoms with E-state index in [1.165, 1.54) is 6.20 Å². The van der Waals surface area contributed by atoms with Crippen molar-refractivity contribution >= 4 is 22.8 Å². The fourth-order valence-corrected chi connectivity index (χ4v) is 3.27. The van der Waals surface area contributed by atoms with Crippen LogP contribution >= 0.6 is 0 Å². The van der Waals surface area contributed by atoms with Crippen molar-refractivity contribution in [3.63, 3.8) is 0 Å². The molecule has 0 unspecified atom stereocenters.